The Labute approximate surface area is 186 Å². The van der Waals surface area contributed by atoms with Crippen molar-refractivity contribution in [3.05, 3.63) is 32.2 Å². The topological polar surface area (TPSA) is 52.6 Å². The molecule has 0 bridgehead atoms. The Bertz CT molecular complexity index is 653. The Morgan fingerprint density at radius 1 is 0.786 bits per heavy atom. The van der Waals surface area contributed by atoms with E-state index in [0.29, 0.717) is 21.8 Å². The van der Waals surface area contributed by atoms with Gasteiger partial charge in [-0.25, -0.2) is 9.59 Å². The van der Waals surface area contributed by atoms with Crippen molar-refractivity contribution in [3.8, 4) is 0 Å². The summed E-state index contributed by atoms with van der Waals surface area (Å²) in [5.74, 6) is -1.04. The van der Waals surface area contributed by atoms with Crippen molar-refractivity contribution in [1.29, 1.82) is 0 Å². The number of ether oxygens (including phenoxy) is 2. The number of carbonyl (C=O) groups excluding carboxylic acids is 2. The van der Waals surface area contributed by atoms with Gasteiger partial charge in [-0.2, -0.15) is 0 Å². The number of hydrogen-bond acceptors (Lipinski definition) is 4. The maximum Gasteiger partial charge on any atom is 0.339 e. The molecule has 2 unspecified atom stereocenters. The molecule has 1 aromatic carbocycles. The third-order valence-electron chi connectivity index (χ3n) is 4.67. The SMILES string of the molecule is CCC(OC(=O)c1cc(Br)c(Br)cc1C(=O)OC(CC)C(C)(C)C)C(C)(C)C. The van der Waals surface area contributed by atoms with Gasteiger partial charge in [0.15, 0.2) is 0 Å². The van der Waals surface area contributed by atoms with E-state index in [4.69, 9.17) is 9.47 Å². The third kappa shape index (κ3) is 6.58. The molecule has 6 heteroatoms. The Balaban J connectivity index is 3.28. The van der Waals surface area contributed by atoms with Crippen LogP contribution in [0.3, 0.4) is 0 Å². The fraction of sp³-hybridized carbons (Fsp3) is 0.636. The zero-order chi connectivity index (χ0) is 21.9. The lowest BCUT2D eigenvalue weighted by Gasteiger charge is -2.30. The van der Waals surface area contributed by atoms with E-state index in [2.05, 4.69) is 31.9 Å². The van der Waals surface area contributed by atoms with Crippen LogP contribution in [-0.4, -0.2) is 24.1 Å². The van der Waals surface area contributed by atoms with Crippen LogP contribution in [0.1, 0.15) is 88.9 Å². The average molecular weight is 520 g/mol. The number of benzene rings is 1. The van der Waals surface area contributed by atoms with E-state index in [-0.39, 0.29) is 34.2 Å². The summed E-state index contributed by atoms with van der Waals surface area (Å²) in [7, 11) is 0. The van der Waals surface area contributed by atoms with Crippen LogP contribution < -0.4 is 0 Å². The van der Waals surface area contributed by atoms with Crippen molar-refractivity contribution >= 4 is 43.8 Å². The third-order valence-corrected chi connectivity index (χ3v) is 6.52. The molecular weight excluding hydrogens is 488 g/mol. The van der Waals surface area contributed by atoms with Gasteiger partial charge in [0.25, 0.3) is 0 Å². The molecule has 158 valence electrons. The van der Waals surface area contributed by atoms with Gasteiger partial charge in [-0.15, -0.1) is 0 Å². The Morgan fingerprint density at radius 3 is 1.29 bits per heavy atom. The van der Waals surface area contributed by atoms with Crippen LogP contribution in [0.5, 0.6) is 0 Å². The lowest BCUT2D eigenvalue weighted by molar-refractivity contribution is -0.00794. The van der Waals surface area contributed by atoms with Gasteiger partial charge in [-0.1, -0.05) is 55.4 Å². The van der Waals surface area contributed by atoms with Crippen molar-refractivity contribution < 1.29 is 19.1 Å². The van der Waals surface area contributed by atoms with E-state index in [1.54, 1.807) is 12.1 Å². The molecule has 0 saturated heterocycles. The van der Waals surface area contributed by atoms with Gasteiger partial charge in [-0.05, 0) is 67.7 Å². The van der Waals surface area contributed by atoms with Gasteiger partial charge < -0.3 is 9.47 Å². The largest absolute Gasteiger partial charge is 0.458 e. The van der Waals surface area contributed by atoms with Crippen LogP contribution in [0, 0.1) is 10.8 Å². The minimum atomic E-state index is -0.522. The van der Waals surface area contributed by atoms with Crippen LogP contribution >= 0.6 is 31.9 Å². The minimum Gasteiger partial charge on any atom is -0.458 e. The van der Waals surface area contributed by atoms with Crippen LogP contribution in [-0.2, 0) is 9.47 Å². The normalized spacial score (nSPS) is 14.4. The van der Waals surface area contributed by atoms with Gasteiger partial charge in [0, 0.05) is 8.95 Å². The highest BCUT2D eigenvalue weighted by Gasteiger charge is 2.32. The van der Waals surface area contributed by atoms with Gasteiger partial charge in [0.05, 0.1) is 11.1 Å². The van der Waals surface area contributed by atoms with Gasteiger partial charge in [0.1, 0.15) is 12.2 Å². The molecule has 0 aliphatic rings. The zero-order valence-corrected chi connectivity index (χ0v) is 21.3. The summed E-state index contributed by atoms with van der Waals surface area (Å²) in [5.41, 5.74) is 0.00659. The van der Waals surface area contributed by atoms with E-state index in [9.17, 15) is 9.59 Å². The highest BCUT2D eigenvalue weighted by atomic mass is 79.9. The number of hydrogen-bond donors (Lipinski definition) is 0. The van der Waals surface area contributed by atoms with Gasteiger partial charge in [-0.3, -0.25) is 0 Å². The van der Waals surface area contributed by atoms with Gasteiger partial charge in [0.2, 0.25) is 0 Å². The van der Waals surface area contributed by atoms with Crippen LogP contribution in [0.15, 0.2) is 21.1 Å². The number of carbonyl (C=O) groups is 2. The van der Waals surface area contributed by atoms with E-state index in [0.717, 1.165) is 0 Å². The van der Waals surface area contributed by atoms with Crippen molar-refractivity contribution in [2.75, 3.05) is 0 Å². The molecule has 28 heavy (non-hydrogen) atoms. The second-order valence-corrected chi connectivity index (χ2v) is 10.9. The summed E-state index contributed by atoms with van der Waals surface area (Å²) in [4.78, 5) is 25.9. The monoisotopic (exact) mass is 518 g/mol. The molecule has 0 N–H and O–H groups in total. The van der Waals surface area contributed by atoms with Crippen molar-refractivity contribution in [1.82, 2.24) is 0 Å². The quantitative estimate of drug-likeness (QED) is 0.373. The predicted molar refractivity (Wildman–Crippen MR) is 120 cm³/mol. The molecule has 2 atom stereocenters. The summed E-state index contributed by atoms with van der Waals surface area (Å²) in [6.07, 6.45) is 0.858. The first-order valence-corrected chi connectivity index (χ1v) is 11.2. The first-order valence-electron chi connectivity index (χ1n) is 9.63. The molecule has 1 rings (SSSR count). The van der Waals surface area contributed by atoms with E-state index in [1.807, 2.05) is 55.4 Å². The number of esters is 2. The van der Waals surface area contributed by atoms with Crippen molar-refractivity contribution in [2.24, 2.45) is 10.8 Å². The second kappa shape index (κ2) is 9.75. The molecule has 0 radical (unpaired) electrons. The van der Waals surface area contributed by atoms with E-state index in [1.165, 1.54) is 0 Å². The first-order chi connectivity index (χ1) is 12.7. The lowest BCUT2D eigenvalue weighted by Crippen LogP contribution is -2.33. The van der Waals surface area contributed by atoms with Crippen molar-refractivity contribution in [2.45, 2.75) is 80.4 Å². The van der Waals surface area contributed by atoms with Crippen LogP contribution in [0.2, 0.25) is 0 Å². The van der Waals surface area contributed by atoms with E-state index < -0.39 is 11.9 Å². The lowest BCUT2D eigenvalue weighted by atomic mass is 9.87. The molecule has 1 aromatic rings. The molecule has 0 spiro atoms. The van der Waals surface area contributed by atoms with E-state index >= 15 is 0 Å². The molecule has 0 fully saturated rings. The first kappa shape index (κ1) is 25.2. The molecule has 0 aromatic heterocycles. The molecule has 0 saturated carbocycles. The molecule has 0 amide bonds. The molecule has 0 aliphatic carbocycles. The Morgan fingerprint density at radius 2 is 1.07 bits per heavy atom. The predicted octanol–water partition coefficient (Wildman–Crippen LogP) is 7.17. The summed E-state index contributed by atoms with van der Waals surface area (Å²) in [6.45, 7) is 16.1. The average Bonchev–Trinajstić information content (AvgIpc) is 2.56. The smallest absolute Gasteiger partial charge is 0.339 e. The highest BCUT2D eigenvalue weighted by molar-refractivity contribution is 9.13. The Hall–Kier alpha value is -0.880. The summed E-state index contributed by atoms with van der Waals surface area (Å²) in [6, 6.07) is 3.22. The minimum absolute atomic E-state index is 0.197. The van der Waals surface area contributed by atoms with Crippen LogP contribution in [0.25, 0.3) is 0 Å². The molecular formula is C22H32Br2O4. The summed E-state index contributed by atoms with van der Waals surface area (Å²) < 4.78 is 12.8. The maximum atomic E-state index is 12.9. The number of rotatable bonds is 6. The second-order valence-electron chi connectivity index (χ2n) is 9.15. The molecule has 0 aliphatic heterocycles. The van der Waals surface area contributed by atoms with Crippen molar-refractivity contribution in [3.63, 3.8) is 0 Å². The fourth-order valence-corrected chi connectivity index (χ4v) is 3.70. The maximum absolute atomic E-state index is 12.9. The summed E-state index contributed by atoms with van der Waals surface area (Å²) in [5, 5.41) is 0. The van der Waals surface area contributed by atoms with Crippen LogP contribution in [0.4, 0.5) is 0 Å². The highest BCUT2D eigenvalue weighted by Crippen LogP contribution is 2.32. The van der Waals surface area contributed by atoms with Gasteiger partial charge >= 0.3 is 11.9 Å². The standard InChI is InChI=1S/C22H32Br2O4/c1-9-17(21(3,4)5)27-19(25)13-11-15(23)16(24)12-14(13)20(26)28-18(10-2)22(6,7)8/h11-12,17-18H,9-10H2,1-8H3. The number of halogens is 2. The Kier molecular flexibility index (Phi) is 8.76. The summed E-state index contributed by atoms with van der Waals surface area (Å²) >= 11 is 6.82. The molecule has 4 nitrogen and oxygen atoms in total. The zero-order valence-electron chi connectivity index (χ0n) is 18.1. The molecule has 0 heterocycles. The fourth-order valence-electron chi connectivity index (χ4n) is 3.01.